The summed E-state index contributed by atoms with van der Waals surface area (Å²) < 4.78 is 0. The molecule has 2 heterocycles. The van der Waals surface area contributed by atoms with Crippen LogP contribution >= 0.6 is 0 Å². The average Bonchev–Trinajstić information content (AvgIpc) is 2.94. The van der Waals surface area contributed by atoms with Crippen LogP contribution in [0, 0.1) is 0 Å². The standard InChI is InChI=1S/C26H30N4O3/c1-3-12-30(33-4-2)26(32)22-15-21-11-10-20(16-23(21)28-24(27)17-22)18-6-8-19(9-7-18)25(31)29-13-5-14-29/h6-11,15-16H,3-5,12-14,17H2,1-2H3,(H2,27,28). The number of aliphatic imine (C=N–C) groups is 1. The Kier molecular flexibility index (Phi) is 6.89. The van der Waals surface area contributed by atoms with Crippen molar-refractivity contribution in [3.8, 4) is 11.1 Å². The molecule has 0 radical (unpaired) electrons. The minimum absolute atomic E-state index is 0.0820. The number of hydrogen-bond acceptors (Lipinski definition) is 5. The van der Waals surface area contributed by atoms with E-state index in [1.165, 1.54) is 5.06 Å². The molecule has 0 atom stereocenters. The maximum Gasteiger partial charge on any atom is 0.273 e. The molecule has 2 N–H and O–H groups in total. The highest BCUT2D eigenvalue weighted by atomic mass is 16.7. The Bertz CT molecular complexity index is 1100. The SMILES string of the molecule is CCCN(OCC)C(=O)C1=Cc2ccc(-c3ccc(C(=O)N4CCC4)cc3)cc2N=C(N)C1. The van der Waals surface area contributed by atoms with E-state index < -0.39 is 0 Å². The molecule has 2 aromatic carbocycles. The van der Waals surface area contributed by atoms with E-state index >= 15 is 0 Å². The summed E-state index contributed by atoms with van der Waals surface area (Å²) in [6.45, 7) is 6.47. The van der Waals surface area contributed by atoms with Crippen LogP contribution < -0.4 is 5.73 Å². The topological polar surface area (TPSA) is 88.2 Å². The number of rotatable bonds is 7. The highest BCUT2D eigenvalue weighted by molar-refractivity contribution is 6.05. The van der Waals surface area contributed by atoms with Gasteiger partial charge in [-0.1, -0.05) is 31.2 Å². The number of hydroxylamine groups is 2. The zero-order valence-corrected chi connectivity index (χ0v) is 19.2. The van der Waals surface area contributed by atoms with Gasteiger partial charge in [0.25, 0.3) is 11.8 Å². The molecule has 1 fully saturated rings. The van der Waals surface area contributed by atoms with E-state index in [4.69, 9.17) is 10.6 Å². The fourth-order valence-electron chi connectivity index (χ4n) is 3.96. The van der Waals surface area contributed by atoms with Gasteiger partial charge in [-0.2, -0.15) is 0 Å². The third-order valence-electron chi connectivity index (χ3n) is 5.82. The van der Waals surface area contributed by atoms with Crippen LogP contribution in [0.4, 0.5) is 5.69 Å². The molecule has 7 nitrogen and oxygen atoms in total. The van der Waals surface area contributed by atoms with E-state index in [0.29, 0.717) is 35.8 Å². The van der Waals surface area contributed by atoms with Gasteiger partial charge in [0.05, 0.1) is 12.3 Å². The Balaban J connectivity index is 1.59. The zero-order chi connectivity index (χ0) is 23.4. The third-order valence-corrected chi connectivity index (χ3v) is 5.82. The first-order valence-electron chi connectivity index (χ1n) is 11.5. The Morgan fingerprint density at radius 3 is 2.45 bits per heavy atom. The largest absolute Gasteiger partial charge is 0.387 e. The van der Waals surface area contributed by atoms with Crippen molar-refractivity contribution in [3.05, 3.63) is 59.2 Å². The van der Waals surface area contributed by atoms with Gasteiger partial charge >= 0.3 is 0 Å². The Morgan fingerprint density at radius 1 is 1.09 bits per heavy atom. The molecule has 0 bridgehead atoms. The normalized spacial score (nSPS) is 15.0. The van der Waals surface area contributed by atoms with Crippen LogP contribution in [0.25, 0.3) is 17.2 Å². The molecule has 0 aliphatic carbocycles. The number of fused-ring (bicyclic) bond motifs is 1. The van der Waals surface area contributed by atoms with E-state index in [9.17, 15) is 9.59 Å². The van der Waals surface area contributed by atoms with Crippen molar-refractivity contribution in [1.82, 2.24) is 9.96 Å². The summed E-state index contributed by atoms with van der Waals surface area (Å²) in [7, 11) is 0. The molecular formula is C26H30N4O3. The molecule has 2 aliphatic rings. The fraction of sp³-hybridized carbons (Fsp3) is 0.346. The van der Waals surface area contributed by atoms with Crippen LogP contribution in [-0.4, -0.2) is 53.9 Å². The number of carbonyl (C=O) groups is 2. The van der Waals surface area contributed by atoms with Gasteiger partial charge in [-0.15, -0.1) is 0 Å². The second kappa shape index (κ2) is 10.0. The summed E-state index contributed by atoms with van der Waals surface area (Å²) in [5.74, 6) is 0.281. The highest BCUT2D eigenvalue weighted by Crippen LogP contribution is 2.32. The molecule has 0 aromatic heterocycles. The molecule has 0 unspecified atom stereocenters. The van der Waals surface area contributed by atoms with Crippen molar-refractivity contribution < 1.29 is 14.4 Å². The fourth-order valence-corrected chi connectivity index (χ4v) is 3.96. The number of amides is 2. The number of nitrogens with zero attached hydrogens (tertiary/aromatic N) is 3. The van der Waals surface area contributed by atoms with Crippen LogP contribution in [0.1, 0.15) is 49.0 Å². The third kappa shape index (κ3) is 4.98. The summed E-state index contributed by atoms with van der Waals surface area (Å²) in [4.78, 5) is 37.4. The van der Waals surface area contributed by atoms with Crippen LogP contribution in [0.15, 0.2) is 53.0 Å². The smallest absolute Gasteiger partial charge is 0.273 e. The minimum atomic E-state index is -0.184. The Hall–Kier alpha value is -3.45. The average molecular weight is 447 g/mol. The molecule has 7 heteroatoms. The second-order valence-electron chi connectivity index (χ2n) is 8.27. The number of benzene rings is 2. The summed E-state index contributed by atoms with van der Waals surface area (Å²) in [5, 5.41) is 1.40. The van der Waals surface area contributed by atoms with Gasteiger partial charge in [0.2, 0.25) is 0 Å². The number of likely N-dealkylation sites (tertiary alicyclic amines) is 1. The summed E-state index contributed by atoms with van der Waals surface area (Å²) in [5.41, 5.74) is 10.9. The van der Waals surface area contributed by atoms with Crippen molar-refractivity contribution in [2.45, 2.75) is 33.1 Å². The van der Waals surface area contributed by atoms with E-state index in [0.717, 1.165) is 42.6 Å². The molecule has 0 saturated carbocycles. The summed E-state index contributed by atoms with van der Waals surface area (Å²) in [6.07, 6.45) is 3.99. The summed E-state index contributed by atoms with van der Waals surface area (Å²) in [6, 6.07) is 13.5. The number of nitrogens with two attached hydrogens (primary N) is 1. The zero-order valence-electron chi connectivity index (χ0n) is 19.2. The maximum absolute atomic E-state index is 13.0. The van der Waals surface area contributed by atoms with Gasteiger partial charge in [0, 0.05) is 42.8 Å². The van der Waals surface area contributed by atoms with E-state index in [1.807, 2.05) is 67.3 Å². The summed E-state index contributed by atoms with van der Waals surface area (Å²) >= 11 is 0. The highest BCUT2D eigenvalue weighted by Gasteiger charge is 2.23. The van der Waals surface area contributed by atoms with Crippen molar-refractivity contribution in [2.24, 2.45) is 10.7 Å². The lowest BCUT2D eigenvalue weighted by Crippen LogP contribution is -2.41. The van der Waals surface area contributed by atoms with Crippen LogP contribution in [0.5, 0.6) is 0 Å². The molecule has 2 aliphatic heterocycles. The van der Waals surface area contributed by atoms with Crippen molar-refractivity contribution in [1.29, 1.82) is 0 Å². The van der Waals surface area contributed by atoms with Gasteiger partial charge in [-0.05, 0) is 55.2 Å². The predicted octanol–water partition coefficient (Wildman–Crippen LogP) is 4.17. The lowest BCUT2D eigenvalue weighted by Gasteiger charge is -2.30. The van der Waals surface area contributed by atoms with E-state index in [2.05, 4.69) is 4.99 Å². The monoisotopic (exact) mass is 446 g/mol. The molecule has 2 amide bonds. The van der Waals surface area contributed by atoms with Crippen molar-refractivity contribution in [2.75, 3.05) is 26.2 Å². The van der Waals surface area contributed by atoms with Gasteiger partial charge in [0.15, 0.2) is 0 Å². The first kappa shape index (κ1) is 22.7. The van der Waals surface area contributed by atoms with E-state index in [1.54, 1.807) is 0 Å². The molecule has 4 rings (SSSR count). The van der Waals surface area contributed by atoms with Gasteiger partial charge < -0.3 is 10.6 Å². The molecule has 1 saturated heterocycles. The van der Waals surface area contributed by atoms with Crippen LogP contribution in [0.2, 0.25) is 0 Å². The Morgan fingerprint density at radius 2 is 1.82 bits per heavy atom. The number of amidine groups is 1. The quantitative estimate of drug-likeness (QED) is 0.647. The van der Waals surface area contributed by atoms with Gasteiger partial charge in [-0.3, -0.25) is 14.4 Å². The van der Waals surface area contributed by atoms with E-state index in [-0.39, 0.29) is 18.2 Å². The molecular weight excluding hydrogens is 416 g/mol. The Labute approximate surface area is 194 Å². The number of carbonyl (C=O) groups excluding carboxylic acids is 2. The molecule has 0 spiro atoms. The van der Waals surface area contributed by atoms with Gasteiger partial charge in [-0.25, -0.2) is 10.1 Å². The van der Waals surface area contributed by atoms with Crippen LogP contribution in [0.3, 0.4) is 0 Å². The molecule has 172 valence electrons. The molecule has 33 heavy (non-hydrogen) atoms. The number of hydrogen-bond donors (Lipinski definition) is 1. The van der Waals surface area contributed by atoms with Gasteiger partial charge in [0.1, 0.15) is 5.84 Å². The molecule has 2 aromatic rings. The lowest BCUT2D eigenvalue weighted by atomic mass is 9.99. The predicted molar refractivity (Wildman–Crippen MR) is 130 cm³/mol. The van der Waals surface area contributed by atoms with Crippen LogP contribution in [-0.2, 0) is 9.63 Å². The maximum atomic E-state index is 13.0. The van der Waals surface area contributed by atoms with Crippen molar-refractivity contribution >= 4 is 29.4 Å². The minimum Gasteiger partial charge on any atom is -0.387 e. The first-order chi connectivity index (χ1) is 16.0. The second-order valence-corrected chi connectivity index (χ2v) is 8.27. The first-order valence-corrected chi connectivity index (χ1v) is 11.5. The lowest BCUT2D eigenvalue weighted by molar-refractivity contribution is -0.180. The van der Waals surface area contributed by atoms with Crippen molar-refractivity contribution in [3.63, 3.8) is 0 Å².